The Kier molecular flexibility index (Phi) is 5.50. The van der Waals surface area contributed by atoms with Gasteiger partial charge in [0.15, 0.2) is 0 Å². The van der Waals surface area contributed by atoms with E-state index in [0.29, 0.717) is 0 Å². The third kappa shape index (κ3) is 4.31. The normalized spacial score (nSPS) is 10.5. The summed E-state index contributed by atoms with van der Waals surface area (Å²) in [5, 5.41) is 3.35. The molecule has 1 aromatic heterocycles. The van der Waals surface area contributed by atoms with E-state index in [4.69, 9.17) is 4.74 Å². The standard InChI is InChI=1S/C16H21N3O/c1-3-8-17-12-14-7-9-18-16(19-14)11-13-5-4-6-15(10-13)20-2/h4-7,9-10,17H,3,8,11-12H2,1-2H3. The van der Waals surface area contributed by atoms with Crippen molar-refractivity contribution >= 4 is 0 Å². The Bertz CT molecular complexity index is 543. The minimum absolute atomic E-state index is 0.721. The van der Waals surface area contributed by atoms with Gasteiger partial charge in [-0.05, 0) is 36.7 Å². The maximum atomic E-state index is 5.23. The van der Waals surface area contributed by atoms with E-state index in [0.717, 1.165) is 48.8 Å². The molecule has 4 heteroatoms. The summed E-state index contributed by atoms with van der Waals surface area (Å²) in [5.74, 6) is 1.71. The molecule has 0 aliphatic rings. The molecule has 20 heavy (non-hydrogen) atoms. The second-order valence-electron chi connectivity index (χ2n) is 4.67. The van der Waals surface area contributed by atoms with Crippen LogP contribution in [0.15, 0.2) is 36.5 Å². The lowest BCUT2D eigenvalue weighted by molar-refractivity contribution is 0.414. The first kappa shape index (κ1) is 14.5. The molecule has 0 unspecified atom stereocenters. The predicted molar refractivity (Wildman–Crippen MR) is 79.8 cm³/mol. The van der Waals surface area contributed by atoms with Crippen molar-refractivity contribution < 1.29 is 4.74 Å². The van der Waals surface area contributed by atoms with Crippen molar-refractivity contribution in [2.24, 2.45) is 0 Å². The molecule has 4 nitrogen and oxygen atoms in total. The van der Waals surface area contributed by atoms with E-state index in [9.17, 15) is 0 Å². The first-order valence-electron chi connectivity index (χ1n) is 6.96. The second-order valence-corrected chi connectivity index (χ2v) is 4.67. The largest absolute Gasteiger partial charge is 0.497 e. The van der Waals surface area contributed by atoms with Crippen LogP contribution in [0.2, 0.25) is 0 Å². The third-order valence-electron chi connectivity index (χ3n) is 2.99. The summed E-state index contributed by atoms with van der Waals surface area (Å²) in [6.07, 6.45) is 3.67. The molecular weight excluding hydrogens is 250 g/mol. The molecule has 0 saturated carbocycles. The number of nitrogens with one attached hydrogen (secondary N) is 1. The predicted octanol–water partition coefficient (Wildman–Crippen LogP) is 2.58. The fraction of sp³-hybridized carbons (Fsp3) is 0.375. The average Bonchev–Trinajstić information content (AvgIpc) is 2.48. The minimum atomic E-state index is 0.721. The van der Waals surface area contributed by atoms with Gasteiger partial charge in [0.25, 0.3) is 0 Å². The molecule has 0 radical (unpaired) electrons. The number of hydrogen-bond donors (Lipinski definition) is 1. The maximum absolute atomic E-state index is 5.23. The average molecular weight is 271 g/mol. The summed E-state index contributed by atoms with van der Waals surface area (Å²) < 4.78 is 5.23. The van der Waals surface area contributed by atoms with Gasteiger partial charge in [0.2, 0.25) is 0 Å². The van der Waals surface area contributed by atoms with Gasteiger partial charge in [-0.2, -0.15) is 0 Å². The zero-order valence-electron chi connectivity index (χ0n) is 12.1. The number of aromatic nitrogens is 2. The molecule has 106 valence electrons. The first-order chi connectivity index (χ1) is 9.81. The Hall–Kier alpha value is -1.94. The zero-order valence-corrected chi connectivity index (χ0v) is 12.1. The minimum Gasteiger partial charge on any atom is -0.497 e. The van der Waals surface area contributed by atoms with E-state index < -0.39 is 0 Å². The lowest BCUT2D eigenvalue weighted by Crippen LogP contribution is -2.15. The van der Waals surface area contributed by atoms with Gasteiger partial charge in [-0.1, -0.05) is 19.1 Å². The molecule has 0 bridgehead atoms. The molecule has 0 fully saturated rings. The Balaban J connectivity index is 2.03. The SMILES string of the molecule is CCCNCc1ccnc(Cc2cccc(OC)c2)n1. The van der Waals surface area contributed by atoms with Crippen LogP contribution in [0.3, 0.4) is 0 Å². The summed E-state index contributed by atoms with van der Waals surface area (Å²) in [6, 6.07) is 9.97. The van der Waals surface area contributed by atoms with Crippen LogP contribution in [0, 0.1) is 0 Å². The number of benzene rings is 1. The maximum Gasteiger partial charge on any atom is 0.132 e. The Morgan fingerprint density at radius 3 is 2.95 bits per heavy atom. The fourth-order valence-electron chi connectivity index (χ4n) is 1.98. The van der Waals surface area contributed by atoms with Crippen LogP contribution >= 0.6 is 0 Å². The van der Waals surface area contributed by atoms with Crippen molar-refractivity contribution in [3.8, 4) is 5.75 Å². The van der Waals surface area contributed by atoms with Crippen molar-refractivity contribution in [1.29, 1.82) is 0 Å². The van der Waals surface area contributed by atoms with Crippen LogP contribution in [0.25, 0.3) is 0 Å². The highest BCUT2D eigenvalue weighted by Crippen LogP contribution is 2.14. The quantitative estimate of drug-likeness (QED) is 0.786. The molecule has 2 rings (SSSR count). The highest BCUT2D eigenvalue weighted by Gasteiger charge is 2.02. The van der Waals surface area contributed by atoms with E-state index in [2.05, 4.69) is 28.3 Å². The van der Waals surface area contributed by atoms with Gasteiger partial charge in [-0.15, -0.1) is 0 Å². The van der Waals surface area contributed by atoms with E-state index >= 15 is 0 Å². The molecule has 0 aliphatic carbocycles. The number of rotatable bonds is 7. The molecule has 1 heterocycles. The third-order valence-corrected chi connectivity index (χ3v) is 2.99. The number of ether oxygens (including phenoxy) is 1. The first-order valence-corrected chi connectivity index (χ1v) is 6.96. The van der Waals surface area contributed by atoms with E-state index in [1.54, 1.807) is 7.11 Å². The van der Waals surface area contributed by atoms with Gasteiger partial charge >= 0.3 is 0 Å². The highest BCUT2D eigenvalue weighted by molar-refractivity contribution is 5.30. The zero-order chi connectivity index (χ0) is 14.2. The van der Waals surface area contributed by atoms with Crippen LogP contribution in [0.4, 0.5) is 0 Å². The van der Waals surface area contributed by atoms with E-state index in [-0.39, 0.29) is 0 Å². The smallest absolute Gasteiger partial charge is 0.132 e. The Morgan fingerprint density at radius 1 is 1.25 bits per heavy atom. The van der Waals surface area contributed by atoms with E-state index in [1.165, 1.54) is 0 Å². The molecule has 0 aliphatic heterocycles. The van der Waals surface area contributed by atoms with Crippen molar-refractivity contribution in [1.82, 2.24) is 15.3 Å². The van der Waals surface area contributed by atoms with Gasteiger partial charge in [-0.3, -0.25) is 0 Å². The molecule has 1 aromatic carbocycles. The van der Waals surface area contributed by atoms with Crippen molar-refractivity contribution in [2.75, 3.05) is 13.7 Å². The van der Waals surface area contributed by atoms with Gasteiger partial charge < -0.3 is 10.1 Å². The Morgan fingerprint density at radius 2 is 2.15 bits per heavy atom. The lowest BCUT2D eigenvalue weighted by atomic mass is 10.1. The van der Waals surface area contributed by atoms with Crippen LogP contribution in [-0.2, 0) is 13.0 Å². The van der Waals surface area contributed by atoms with Gasteiger partial charge in [0, 0.05) is 19.2 Å². The van der Waals surface area contributed by atoms with Gasteiger partial charge in [0.05, 0.1) is 12.8 Å². The number of nitrogens with zero attached hydrogens (tertiary/aromatic N) is 2. The molecule has 0 spiro atoms. The summed E-state index contributed by atoms with van der Waals surface area (Å²) >= 11 is 0. The molecule has 1 N–H and O–H groups in total. The van der Waals surface area contributed by atoms with Crippen LogP contribution < -0.4 is 10.1 Å². The lowest BCUT2D eigenvalue weighted by Gasteiger charge is -2.06. The van der Waals surface area contributed by atoms with Crippen LogP contribution in [-0.4, -0.2) is 23.6 Å². The summed E-state index contributed by atoms with van der Waals surface area (Å²) in [6.45, 7) is 3.96. The monoisotopic (exact) mass is 271 g/mol. The summed E-state index contributed by atoms with van der Waals surface area (Å²) in [7, 11) is 1.68. The van der Waals surface area contributed by atoms with Crippen LogP contribution in [0.5, 0.6) is 5.75 Å². The highest BCUT2D eigenvalue weighted by atomic mass is 16.5. The van der Waals surface area contributed by atoms with Crippen molar-refractivity contribution in [3.63, 3.8) is 0 Å². The van der Waals surface area contributed by atoms with Gasteiger partial charge in [-0.25, -0.2) is 9.97 Å². The number of methoxy groups -OCH3 is 1. The van der Waals surface area contributed by atoms with Crippen LogP contribution in [0.1, 0.15) is 30.4 Å². The molecule has 0 saturated heterocycles. The molecular formula is C16H21N3O. The summed E-state index contributed by atoms with van der Waals surface area (Å²) in [5.41, 5.74) is 2.19. The Labute approximate surface area is 120 Å². The molecule has 0 amide bonds. The van der Waals surface area contributed by atoms with Crippen molar-refractivity contribution in [2.45, 2.75) is 26.3 Å². The second kappa shape index (κ2) is 7.60. The molecule has 2 aromatic rings. The van der Waals surface area contributed by atoms with Gasteiger partial charge in [0.1, 0.15) is 11.6 Å². The van der Waals surface area contributed by atoms with Crippen molar-refractivity contribution in [3.05, 3.63) is 53.6 Å². The topological polar surface area (TPSA) is 47.0 Å². The number of hydrogen-bond acceptors (Lipinski definition) is 4. The summed E-state index contributed by atoms with van der Waals surface area (Å²) in [4.78, 5) is 8.92. The molecule has 0 atom stereocenters. The van der Waals surface area contributed by atoms with E-state index in [1.807, 2.05) is 30.5 Å². The fourth-order valence-corrected chi connectivity index (χ4v) is 1.98.